The van der Waals surface area contributed by atoms with E-state index in [2.05, 4.69) is 4.98 Å². The third-order valence-electron chi connectivity index (χ3n) is 3.68. The summed E-state index contributed by atoms with van der Waals surface area (Å²) in [4.78, 5) is 16.4. The minimum atomic E-state index is -0.351. The summed E-state index contributed by atoms with van der Waals surface area (Å²) in [6.07, 6.45) is 5.40. The molecule has 4 nitrogen and oxygen atoms in total. The van der Waals surface area contributed by atoms with Crippen LogP contribution in [0.2, 0.25) is 0 Å². The molecule has 1 heterocycles. The van der Waals surface area contributed by atoms with E-state index < -0.39 is 0 Å². The number of hydrogen-bond acceptors (Lipinski definition) is 4. The Kier molecular flexibility index (Phi) is 3.23. The molecule has 0 aliphatic heterocycles. The van der Waals surface area contributed by atoms with Gasteiger partial charge in [-0.25, -0.2) is 4.79 Å². The number of rotatable bonds is 3. The number of hydrogen-bond donors (Lipinski definition) is 0. The highest BCUT2D eigenvalue weighted by Crippen LogP contribution is 2.24. The van der Waals surface area contributed by atoms with Gasteiger partial charge in [0.05, 0.1) is 10.9 Å². The number of aromatic nitrogens is 1. The highest BCUT2D eigenvalue weighted by atomic mass is 16.6. The predicted octanol–water partition coefficient (Wildman–Crippen LogP) is 3.07. The lowest BCUT2D eigenvalue weighted by atomic mass is 10.1. The maximum atomic E-state index is 12.1. The first kappa shape index (κ1) is 12.2. The van der Waals surface area contributed by atoms with Crippen molar-refractivity contribution in [2.45, 2.75) is 45.1 Å². The number of nitrogens with zero attached hydrogens (tertiary/aromatic N) is 1. The van der Waals surface area contributed by atoms with Crippen molar-refractivity contribution in [1.82, 2.24) is 4.98 Å². The summed E-state index contributed by atoms with van der Waals surface area (Å²) in [7, 11) is 0. The molecule has 0 amide bonds. The molecule has 100 valence electrons. The Labute approximate surface area is 111 Å². The highest BCUT2D eigenvalue weighted by molar-refractivity contribution is 5.80. The van der Waals surface area contributed by atoms with E-state index in [0.29, 0.717) is 10.9 Å². The van der Waals surface area contributed by atoms with Crippen LogP contribution in [0, 0.1) is 0 Å². The van der Waals surface area contributed by atoms with Crippen LogP contribution in [0.1, 0.15) is 38.2 Å². The molecule has 0 N–H and O–H groups in total. The van der Waals surface area contributed by atoms with Crippen molar-refractivity contribution in [3.8, 4) is 6.08 Å². The van der Waals surface area contributed by atoms with E-state index >= 15 is 0 Å². The summed E-state index contributed by atoms with van der Waals surface area (Å²) in [6, 6.07) is 5.66. The van der Waals surface area contributed by atoms with Gasteiger partial charge in [-0.1, -0.05) is 19.1 Å². The topological polar surface area (TPSA) is 52.3 Å². The molecule has 1 aliphatic carbocycles. The van der Waals surface area contributed by atoms with Crippen LogP contribution in [0.5, 0.6) is 6.08 Å². The molecule has 0 unspecified atom stereocenters. The van der Waals surface area contributed by atoms with Gasteiger partial charge in [-0.05, 0) is 43.7 Å². The van der Waals surface area contributed by atoms with Crippen LogP contribution >= 0.6 is 0 Å². The molecule has 2 aromatic rings. The van der Waals surface area contributed by atoms with E-state index in [4.69, 9.17) is 9.15 Å². The van der Waals surface area contributed by atoms with Crippen LogP contribution in [0.3, 0.4) is 0 Å². The zero-order valence-electron chi connectivity index (χ0n) is 11.0. The minimum Gasteiger partial charge on any atom is -0.447 e. The van der Waals surface area contributed by atoms with E-state index in [1.807, 2.05) is 25.1 Å². The van der Waals surface area contributed by atoms with E-state index in [0.717, 1.165) is 24.8 Å². The van der Waals surface area contributed by atoms with Gasteiger partial charge < -0.3 is 9.15 Å². The normalized spacial score (nSPS) is 16.1. The SMILES string of the molecule is CCc1cccc2nc(OC3CCCC3)oc(=O)c12. The highest BCUT2D eigenvalue weighted by Gasteiger charge is 2.19. The number of benzene rings is 1. The van der Waals surface area contributed by atoms with E-state index in [1.165, 1.54) is 12.8 Å². The Balaban J connectivity index is 2.02. The quantitative estimate of drug-likeness (QED) is 0.850. The first-order valence-corrected chi connectivity index (χ1v) is 6.87. The average molecular weight is 259 g/mol. The van der Waals surface area contributed by atoms with Crippen LogP contribution < -0.4 is 10.4 Å². The second kappa shape index (κ2) is 5.03. The van der Waals surface area contributed by atoms with E-state index in [-0.39, 0.29) is 17.8 Å². The summed E-state index contributed by atoms with van der Waals surface area (Å²) in [6.45, 7) is 2.01. The molecule has 1 aromatic carbocycles. The van der Waals surface area contributed by atoms with Crippen molar-refractivity contribution in [2.75, 3.05) is 0 Å². The molecule has 0 bridgehead atoms. The van der Waals surface area contributed by atoms with Crippen LogP contribution in [-0.4, -0.2) is 11.1 Å². The van der Waals surface area contributed by atoms with E-state index in [9.17, 15) is 4.79 Å². The van der Waals surface area contributed by atoms with Gasteiger partial charge in [-0.15, -0.1) is 0 Å². The molecule has 1 fully saturated rings. The van der Waals surface area contributed by atoms with Gasteiger partial charge in [0.2, 0.25) is 0 Å². The van der Waals surface area contributed by atoms with Crippen molar-refractivity contribution < 1.29 is 9.15 Å². The average Bonchev–Trinajstić information content (AvgIpc) is 2.90. The van der Waals surface area contributed by atoms with Gasteiger partial charge in [-0.3, -0.25) is 0 Å². The van der Waals surface area contributed by atoms with Crippen molar-refractivity contribution in [2.24, 2.45) is 0 Å². The van der Waals surface area contributed by atoms with Crippen LogP contribution in [0.15, 0.2) is 27.4 Å². The Morgan fingerprint density at radius 2 is 2.16 bits per heavy atom. The molecule has 4 heteroatoms. The summed E-state index contributed by atoms with van der Waals surface area (Å²) >= 11 is 0. The minimum absolute atomic E-state index is 0.109. The molecular formula is C15H17NO3. The van der Waals surface area contributed by atoms with Gasteiger partial charge in [0.25, 0.3) is 0 Å². The molecule has 0 atom stereocenters. The summed E-state index contributed by atoms with van der Waals surface area (Å²) in [5, 5.41) is 0.573. The van der Waals surface area contributed by atoms with Crippen LogP contribution in [0.25, 0.3) is 10.9 Å². The molecule has 0 spiro atoms. The third-order valence-corrected chi connectivity index (χ3v) is 3.68. The molecule has 0 radical (unpaired) electrons. The molecule has 19 heavy (non-hydrogen) atoms. The van der Waals surface area contributed by atoms with Crippen molar-refractivity contribution in [1.29, 1.82) is 0 Å². The smallest absolute Gasteiger partial charge is 0.397 e. The fraction of sp³-hybridized carbons (Fsp3) is 0.467. The fourth-order valence-electron chi connectivity index (χ4n) is 2.66. The standard InChI is InChI=1S/C15H17NO3/c1-2-10-6-5-9-12-13(10)14(17)19-15(16-12)18-11-7-3-4-8-11/h5-6,9,11H,2-4,7-8H2,1H3. The van der Waals surface area contributed by atoms with Gasteiger partial charge in [0.1, 0.15) is 6.10 Å². The first-order valence-electron chi connectivity index (χ1n) is 6.87. The Hall–Kier alpha value is -1.84. The predicted molar refractivity (Wildman–Crippen MR) is 72.5 cm³/mol. The van der Waals surface area contributed by atoms with Crippen molar-refractivity contribution >= 4 is 10.9 Å². The molecule has 3 rings (SSSR count). The molecule has 1 aromatic heterocycles. The molecule has 1 aliphatic rings. The summed E-state index contributed by atoms with van der Waals surface area (Å²) < 4.78 is 10.9. The van der Waals surface area contributed by atoms with E-state index in [1.54, 1.807) is 0 Å². The van der Waals surface area contributed by atoms with Crippen LogP contribution in [-0.2, 0) is 6.42 Å². The maximum Gasteiger partial charge on any atom is 0.397 e. The van der Waals surface area contributed by atoms with Gasteiger partial charge in [-0.2, -0.15) is 4.98 Å². The lowest BCUT2D eigenvalue weighted by molar-refractivity contribution is 0.144. The zero-order valence-corrected chi connectivity index (χ0v) is 11.0. The monoisotopic (exact) mass is 259 g/mol. The second-order valence-corrected chi connectivity index (χ2v) is 4.96. The third kappa shape index (κ3) is 2.35. The largest absolute Gasteiger partial charge is 0.447 e. The lowest BCUT2D eigenvalue weighted by Gasteiger charge is -2.10. The summed E-state index contributed by atoms with van der Waals surface area (Å²) in [5.41, 5.74) is 1.27. The number of ether oxygens (including phenoxy) is 1. The Bertz CT molecular complexity index is 641. The van der Waals surface area contributed by atoms with Crippen molar-refractivity contribution in [3.05, 3.63) is 34.2 Å². The zero-order chi connectivity index (χ0) is 13.2. The van der Waals surface area contributed by atoms with Gasteiger partial charge in [0, 0.05) is 0 Å². The van der Waals surface area contributed by atoms with Crippen molar-refractivity contribution in [3.63, 3.8) is 0 Å². The van der Waals surface area contributed by atoms with Gasteiger partial charge in [0.15, 0.2) is 0 Å². The molecular weight excluding hydrogens is 242 g/mol. The molecule has 0 saturated heterocycles. The second-order valence-electron chi connectivity index (χ2n) is 4.96. The lowest BCUT2D eigenvalue weighted by Crippen LogP contribution is -2.14. The number of aryl methyl sites for hydroxylation is 1. The Morgan fingerprint density at radius 3 is 2.89 bits per heavy atom. The number of fused-ring (bicyclic) bond motifs is 1. The molecule has 1 saturated carbocycles. The van der Waals surface area contributed by atoms with Gasteiger partial charge >= 0.3 is 11.7 Å². The first-order chi connectivity index (χ1) is 9.28. The fourth-order valence-corrected chi connectivity index (χ4v) is 2.66. The van der Waals surface area contributed by atoms with Crippen LogP contribution in [0.4, 0.5) is 0 Å². The Morgan fingerprint density at radius 1 is 1.37 bits per heavy atom. The maximum absolute atomic E-state index is 12.1. The summed E-state index contributed by atoms with van der Waals surface area (Å²) in [5.74, 6) is 0.